The summed E-state index contributed by atoms with van der Waals surface area (Å²) in [6, 6.07) is 12.7. The molecule has 0 aromatic heterocycles. The van der Waals surface area contributed by atoms with Gasteiger partial charge in [-0.25, -0.2) is 4.79 Å². The van der Waals surface area contributed by atoms with Gasteiger partial charge in [0.1, 0.15) is 11.6 Å². The van der Waals surface area contributed by atoms with Crippen LogP contribution in [-0.4, -0.2) is 70.4 Å². The molecule has 11 nitrogen and oxygen atoms in total. The Bertz CT molecular complexity index is 1470. The van der Waals surface area contributed by atoms with Crippen LogP contribution in [0.25, 0.3) is 10.4 Å². The summed E-state index contributed by atoms with van der Waals surface area (Å²) in [6.07, 6.45) is 1.32. The number of Topliss-reactive ketones (excluding diaryl/α,β-unsaturated/α-hetero) is 1. The quantitative estimate of drug-likeness (QED) is 0.0967. The van der Waals surface area contributed by atoms with E-state index < -0.39 is 53.5 Å². The van der Waals surface area contributed by atoms with Gasteiger partial charge < -0.3 is 14.4 Å². The number of likely N-dealkylation sites (tertiary alicyclic amines) is 1. The summed E-state index contributed by atoms with van der Waals surface area (Å²) in [5, 5.41) is 4.37. The number of amides is 2. The third-order valence-electron chi connectivity index (χ3n) is 7.53. The molecular formula is C31H34ClN5O6. The normalized spacial score (nSPS) is 21.3. The van der Waals surface area contributed by atoms with Gasteiger partial charge in [0.15, 0.2) is 17.9 Å². The van der Waals surface area contributed by atoms with Crippen molar-refractivity contribution in [1.82, 2.24) is 9.80 Å². The molecule has 1 fully saturated rings. The van der Waals surface area contributed by atoms with E-state index in [0.29, 0.717) is 10.6 Å². The lowest BCUT2D eigenvalue weighted by Gasteiger charge is -2.38. The second kappa shape index (κ2) is 12.9. The van der Waals surface area contributed by atoms with Gasteiger partial charge in [0.25, 0.3) is 0 Å². The molecule has 0 spiro atoms. The summed E-state index contributed by atoms with van der Waals surface area (Å²) < 4.78 is 11.0. The predicted molar refractivity (Wildman–Crippen MR) is 159 cm³/mol. The number of allylic oxidation sites excluding steroid dienone is 1. The molecule has 0 N–H and O–H groups in total. The van der Waals surface area contributed by atoms with Gasteiger partial charge in [0, 0.05) is 40.9 Å². The van der Waals surface area contributed by atoms with Gasteiger partial charge >= 0.3 is 12.1 Å². The van der Waals surface area contributed by atoms with E-state index in [-0.39, 0.29) is 32.5 Å². The zero-order valence-corrected chi connectivity index (χ0v) is 25.1. The molecule has 43 heavy (non-hydrogen) atoms. The number of azide groups is 1. The number of benzene rings is 2. The van der Waals surface area contributed by atoms with Gasteiger partial charge in [0.05, 0.1) is 6.54 Å². The first-order chi connectivity index (χ1) is 20.4. The van der Waals surface area contributed by atoms with Crippen molar-refractivity contribution in [3.8, 4) is 0 Å². The number of nitrogens with zero attached hydrogens (tertiary/aromatic N) is 5. The fraction of sp³-hybridized carbons (Fsp3) is 0.419. The number of halogens is 1. The van der Waals surface area contributed by atoms with Crippen LogP contribution in [0.2, 0.25) is 5.02 Å². The Morgan fingerprint density at radius 1 is 1.16 bits per heavy atom. The van der Waals surface area contributed by atoms with Gasteiger partial charge in [-0.15, -0.1) is 6.58 Å². The SMILES string of the molecule is C=CCC1CN(C(=O)C2Cc3ccc(Cl)cc3CN2C(=O)OC(C)(C)C)CC1(N=[N+]=[N-])C(=O)OCC(=O)c1ccccc1. The highest BCUT2D eigenvalue weighted by Gasteiger charge is 2.55. The first-order valence-electron chi connectivity index (χ1n) is 13.9. The van der Waals surface area contributed by atoms with Gasteiger partial charge in [-0.05, 0) is 56.0 Å². The third-order valence-corrected chi connectivity index (χ3v) is 7.76. The average molecular weight is 608 g/mol. The summed E-state index contributed by atoms with van der Waals surface area (Å²) >= 11 is 6.21. The number of carbonyl (C=O) groups excluding carboxylic acids is 4. The van der Waals surface area contributed by atoms with E-state index >= 15 is 0 Å². The van der Waals surface area contributed by atoms with E-state index in [1.54, 1.807) is 69.3 Å². The number of fused-ring (bicyclic) bond motifs is 1. The number of hydrogen-bond acceptors (Lipinski definition) is 7. The summed E-state index contributed by atoms with van der Waals surface area (Å²) in [5.41, 5.74) is 8.89. The Morgan fingerprint density at radius 3 is 2.53 bits per heavy atom. The number of hydrogen-bond donors (Lipinski definition) is 0. The van der Waals surface area contributed by atoms with Crippen molar-refractivity contribution in [1.29, 1.82) is 0 Å². The largest absolute Gasteiger partial charge is 0.457 e. The van der Waals surface area contributed by atoms with Crippen molar-refractivity contribution in [2.45, 2.75) is 57.3 Å². The zero-order chi connectivity index (χ0) is 31.4. The number of rotatable bonds is 8. The van der Waals surface area contributed by atoms with Crippen LogP contribution in [0.5, 0.6) is 0 Å². The first-order valence-corrected chi connectivity index (χ1v) is 14.2. The monoisotopic (exact) mass is 607 g/mol. The molecule has 0 radical (unpaired) electrons. The maximum atomic E-state index is 14.2. The van der Waals surface area contributed by atoms with Crippen LogP contribution >= 0.6 is 11.6 Å². The molecule has 12 heteroatoms. The van der Waals surface area contributed by atoms with E-state index in [4.69, 9.17) is 21.1 Å². The minimum Gasteiger partial charge on any atom is -0.457 e. The molecule has 1 saturated heterocycles. The number of ether oxygens (including phenoxy) is 2. The summed E-state index contributed by atoms with van der Waals surface area (Å²) in [4.78, 5) is 59.3. The van der Waals surface area contributed by atoms with E-state index in [0.717, 1.165) is 11.1 Å². The lowest BCUT2D eigenvalue weighted by atomic mass is 9.85. The Labute approximate surface area is 255 Å². The Balaban J connectivity index is 1.62. The second-order valence-electron chi connectivity index (χ2n) is 11.7. The highest BCUT2D eigenvalue weighted by molar-refractivity contribution is 6.30. The molecule has 3 unspecified atom stereocenters. The van der Waals surface area contributed by atoms with Crippen LogP contribution < -0.4 is 0 Å². The van der Waals surface area contributed by atoms with Crippen molar-refractivity contribution in [3.63, 3.8) is 0 Å². The number of ketones is 1. The van der Waals surface area contributed by atoms with Crippen LogP contribution in [0.1, 0.15) is 48.7 Å². The van der Waals surface area contributed by atoms with Crippen LogP contribution in [0.15, 0.2) is 66.3 Å². The van der Waals surface area contributed by atoms with Crippen LogP contribution in [0.3, 0.4) is 0 Å². The van der Waals surface area contributed by atoms with E-state index in [2.05, 4.69) is 16.6 Å². The third kappa shape index (κ3) is 7.01. The zero-order valence-electron chi connectivity index (χ0n) is 24.4. The van der Waals surface area contributed by atoms with Crippen LogP contribution in [-0.2, 0) is 32.0 Å². The minimum absolute atomic E-state index is 0.0394. The molecule has 2 amide bonds. The van der Waals surface area contributed by atoms with Crippen molar-refractivity contribution < 1.29 is 28.7 Å². The second-order valence-corrected chi connectivity index (χ2v) is 12.1. The van der Waals surface area contributed by atoms with Gasteiger partial charge in [-0.2, -0.15) is 0 Å². The van der Waals surface area contributed by atoms with Gasteiger partial charge in [-0.1, -0.05) is 59.2 Å². The molecule has 0 bridgehead atoms. The average Bonchev–Trinajstić information content (AvgIpc) is 3.33. The summed E-state index contributed by atoms with van der Waals surface area (Å²) in [7, 11) is 0. The van der Waals surface area contributed by atoms with Crippen molar-refractivity contribution in [2.75, 3.05) is 19.7 Å². The van der Waals surface area contributed by atoms with Crippen molar-refractivity contribution >= 4 is 35.4 Å². The molecule has 2 aliphatic heterocycles. The number of carbonyl (C=O) groups is 4. The molecule has 2 aromatic rings. The molecule has 4 rings (SSSR count). The maximum Gasteiger partial charge on any atom is 0.411 e. The lowest BCUT2D eigenvalue weighted by Crippen LogP contribution is -2.55. The van der Waals surface area contributed by atoms with E-state index in [1.807, 2.05) is 6.07 Å². The van der Waals surface area contributed by atoms with Crippen LogP contribution in [0.4, 0.5) is 4.79 Å². The summed E-state index contributed by atoms with van der Waals surface area (Å²) in [6.45, 7) is 8.24. The molecule has 2 heterocycles. The predicted octanol–water partition coefficient (Wildman–Crippen LogP) is 5.51. The first kappa shape index (κ1) is 31.6. The van der Waals surface area contributed by atoms with E-state index in [1.165, 1.54) is 9.80 Å². The molecule has 2 aliphatic rings. The minimum atomic E-state index is -1.80. The molecule has 0 saturated carbocycles. The topological polar surface area (TPSA) is 142 Å². The Hall–Kier alpha value is -4.34. The van der Waals surface area contributed by atoms with Gasteiger partial charge in [0.2, 0.25) is 5.91 Å². The van der Waals surface area contributed by atoms with Gasteiger partial charge in [-0.3, -0.25) is 19.3 Å². The summed E-state index contributed by atoms with van der Waals surface area (Å²) in [5.74, 6) is -2.45. The van der Waals surface area contributed by atoms with E-state index in [9.17, 15) is 24.7 Å². The molecule has 3 atom stereocenters. The maximum absolute atomic E-state index is 14.2. The highest BCUT2D eigenvalue weighted by atomic mass is 35.5. The fourth-order valence-electron chi connectivity index (χ4n) is 5.47. The fourth-order valence-corrected chi connectivity index (χ4v) is 5.66. The molecular weight excluding hydrogens is 574 g/mol. The molecule has 0 aliphatic carbocycles. The van der Waals surface area contributed by atoms with Crippen LogP contribution in [0, 0.1) is 5.92 Å². The lowest BCUT2D eigenvalue weighted by molar-refractivity contribution is -0.150. The number of esters is 1. The Morgan fingerprint density at radius 2 is 1.88 bits per heavy atom. The van der Waals surface area contributed by atoms with Crippen molar-refractivity contribution in [2.24, 2.45) is 11.0 Å². The molecule has 2 aromatic carbocycles. The highest BCUT2D eigenvalue weighted by Crippen LogP contribution is 2.38. The van der Waals surface area contributed by atoms with Crippen molar-refractivity contribution in [3.05, 3.63) is 93.3 Å². The smallest absolute Gasteiger partial charge is 0.411 e. The Kier molecular flexibility index (Phi) is 9.47. The standard InChI is InChI=1S/C31H34ClN5O6/c1-5-9-23-17-36(19-31(23,34-35-33)28(40)42-18-26(38)20-10-7-6-8-11-20)27(39)25-15-21-12-13-24(32)14-22(21)16-37(25)29(41)43-30(2,3)4/h5-8,10-14,23,25H,1,9,15-19H2,2-4H3. The molecule has 226 valence electrons.